The Morgan fingerprint density at radius 3 is 1.75 bits per heavy atom. The molecule has 0 N–H and O–H groups in total. The second-order valence-corrected chi connectivity index (χ2v) is 2.87. The fourth-order valence-electron chi connectivity index (χ4n) is 0.804. The Hall–Kier alpha value is -1.92. The molecule has 0 rings (SSSR count). The number of nitrogens with zero attached hydrogens (tertiary/aromatic N) is 1. The molecule has 7 heteroatoms. The van der Waals surface area contributed by atoms with Gasteiger partial charge in [-0.3, -0.25) is 14.4 Å². The second kappa shape index (κ2) is 6.54. The lowest BCUT2D eigenvalue weighted by molar-refractivity contribution is -0.200. The molecule has 0 spiro atoms. The number of rotatable bonds is 3. The van der Waals surface area contributed by atoms with Crippen LogP contribution < -0.4 is 0 Å². The molecule has 0 radical (unpaired) electrons. The van der Waals surface area contributed by atoms with Gasteiger partial charge < -0.3 is 9.57 Å². The summed E-state index contributed by atoms with van der Waals surface area (Å²) in [6.45, 7) is 2.16. The Labute approximate surface area is 92.2 Å². The van der Waals surface area contributed by atoms with Crippen LogP contribution in [-0.4, -0.2) is 35.9 Å². The summed E-state index contributed by atoms with van der Waals surface area (Å²) in [5.41, 5.74) is 0. The highest BCUT2D eigenvalue weighted by Gasteiger charge is 2.19. The third kappa shape index (κ3) is 5.08. The number of carbonyl (C=O) groups is 4. The smallest absolute Gasteiger partial charge is 0.333 e. The maximum atomic E-state index is 11.1. The summed E-state index contributed by atoms with van der Waals surface area (Å²) in [5, 5.41) is 0.333. The summed E-state index contributed by atoms with van der Waals surface area (Å²) in [4.78, 5) is 48.0. The quantitative estimate of drug-likeness (QED) is 0.493. The lowest BCUT2D eigenvalue weighted by Crippen LogP contribution is -2.35. The summed E-state index contributed by atoms with van der Waals surface area (Å²) in [7, 11) is 1.19. The lowest BCUT2D eigenvalue weighted by Gasteiger charge is -2.15. The van der Waals surface area contributed by atoms with Gasteiger partial charge >= 0.3 is 11.9 Å². The zero-order valence-electron chi connectivity index (χ0n) is 9.31. The van der Waals surface area contributed by atoms with E-state index in [2.05, 4.69) is 9.57 Å². The normalized spacial score (nSPS) is 9.19. The van der Waals surface area contributed by atoms with Gasteiger partial charge in [-0.1, -0.05) is 0 Å². The summed E-state index contributed by atoms with van der Waals surface area (Å²) >= 11 is 0. The maximum Gasteiger partial charge on any atom is 0.333 e. The van der Waals surface area contributed by atoms with E-state index in [0.29, 0.717) is 5.06 Å². The molecule has 0 heterocycles. The molecule has 0 aromatic carbocycles. The molecule has 0 bridgehead atoms. The Kier molecular flexibility index (Phi) is 5.76. The summed E-state index contributed by atoms with van der Waals surface area (Å²) < 4.78 is 4.31. The number of hydroxylamine groups is 2. The van der Waals surface area contributed by atoms with E-state index in [4.69, 9.17) is 0 Å². The molecule has 0 saturated carbocycles. The van der Waals surface area contributed by atoms with Crippen molar-refractivity contribution in [3.8, 4) is 0 Å². The average molecular weight is 231 g/mol. The minimum atomic E-state index is -0.851. The number of ether oxygens (including phenoxy) is 1. The second-order valence-electron chi connectivity index (χ2n) is 2.87. The van der Waals surface area contributed by atoms with Crippen molar-refractivity contribution < 1.29 is 28.8 Å². The summed E-state index contributed by atoms with van der Waals surface area (Å²) in [5.74, 6) is -2.84. The molecule has 7 nitrogen and oxygen atoms in total. The minimum absolute atomic E-state index is 0.168. The molecule has 2 amide bonds. The first-order chi connectivity index (χ1) is 7.38. The highest BCUT2D eigenvalue weighted by atomic mass is 16.7. The predicted octanol–water partition coefficient (Wildman–Crippen LogP) is -0.207. The van der Waals surface area contributed by atoms with Gasteiger partial charge in [-0.05, 0) is 0 Å². The molecule has 0 aliphatic heterocycles. The minimum Gasteiger partial charge on any atom is -0.469 e. The van der Waals surface area contributed by atoms with Gasteiger partial charge in [0, 0.05) is 13.8 Å². The van der Waals surface area contributed by atoms with E-state index in [-0.39, 0.29) is 12.8 Å². The van der Waals surface area contributed by atoms with E-state index in [1.54, 1.807) is 0 Å². The van der Waals surface area contributed by atoms with Crippen molar-refractivity contribution in [2.24, 2.45) is 0 Å². The molecule has 0 unspecified atom stereocenters. The third-order valence-corrected chi connectivity index (χ3v) is 1.53. The average Bonchev–Trinajstić information content (AvgIpc) is 2.21. The van der Waals surface area contributed by atoms with Crippen LogP contribution in [0.4, 0.5) is 0 Å². The number of hydrogen-bond donors (Lipinski definition) is 0. The number of methoxy groups -OCH3 is 1. The zero-order valence-corrected chi connectivity index (χ0v) is 9.31. The van der Waals surface area contributed by atoms with E-state index >= 15 is 0 Å². The van der Waals surface area contributed by atoms with Crippen LogP contribution in [0.3, 0.4) is 0 Å². The van der Waals surface area contributed by atoms with Crippen LogP contribution in [-0.2, 0) is 28.8 Å². The Morgan fingerprint density at radius 1 is 0.938 bits per heavy atom. The van der Waals surface area contributed by atoms with E-state index in [0.717, 1.165) is 13.8 Å². The highest BCUT2D eigenvalue weighted by molar-refractivity contribution is 5.93. The van der Waals surface area contributed by atoms with Gasteiger partial charge in [0.05, 0.1) is 20.0 Å². The van der Waals surface area contributed by atoms with Crippen LogP contribution >= 0.6 is 0 Å². The first-order valence-electron chi connectivity index (χ1n) is 4.47. The molecular formula is C9H13NO6. The molecule has 0 aromatic rings. The molecule has 0 aliphatic rings. The zero-order chi connectivity index (χ0) is 12.7. The van der Waals surface area contributed by atoms with Crippen molar-refractivity contribution in [3.05, 3.63) is 0 Å². The van der Waals surface area contributed by atoms with Gasteiger partial charge in [-0.15, -0.1) is 5.06 Å². The van der Waals surface area contributed by atoms with Crippen LogP contribution in [0, 0.1) is 0 Å². The van der Waals surface area contributed by atoms with E-state index in [1.807, 2.05) is 0 Å². The van der Waals surface area contributed by atoms with Crippen LogP contribution in [0.25, 0.3) is 0 Å². The molecular weight excluding hydrogens is 218 g/mol. The van der Waals surface area contributed by atoms with Crippen molar-refractivity contribution >= 4 is 23.8 Å². The van der Waals surface area contributed by atoms with Crippen LogP contribution in [0.15, 0.2) is 0 Å². The monoisotopic (exact) mass is 231 g/mol. The number of carbonyl (C=O) groups excluding carboxylic acids is 4. The topological polar surface area (TPSA) is 90.0 Å². The summed E-state index contributed by atoms with van der Waals surface area (Å²) in [6.07, 6.45) is -0.428. The van der Waals surface area contributed by atoms with Gasteiger partial charge in [-0.2, -0.15) is 0 Å². The van der Waals surface area contributed by atoms with Crippen molar-refractivity contribution in [1.82, 2.24) is 5.06 Å². The third-order valence-electron chi connectivity index (χ3n) is 1.53. The van der Waals surface area contributed by atoms with Gasteiger partial charge in [0.15, 0.2) is 0 Å². The fourth-order valence-corrected chi connectivity index (χ4v) is 0.804. The molecule has 0 saturated heterocycles. The Bertz CT molecular complexity index is 297. The number of esters is 1. The number of imide groups is 1. The predicted molar refractivity (Wildman–Crippen MR) is 50.5 cm³/mol. The van der Waals surface area contributed by atoms with Gasteiger partial charge in [-0.25, -0.2) is 4.79 Å². The standard InChI is InChI=1S/C9H13NO6/c1-6(11)10(7(2)12)16-9(14)5-4-8(13)15-3/h4-5H2,1-3H3. The molecule has 0 aromatic heterocycles. The largest absolute Gasteiger partial charge is 0.469 e. The molecule has 0 atom stereocenters. The van der Waals surface area contributed by atoms with E-state index in [9.17, 15) is 19.2 Å². The van der Waals surface area contributed by atoms with Gasteiger partial charge in [0.25, 0.3) is 11.8 Å². The van der Waals surface area contributed by atoms with Crippen molar-refractivity contribution in [3.63, 3.8) is 0 Å². The molecule has 0 aliphatic carbocycles. The molecule has 90 valence electrons. The number of hydrogen-bond acceptors (Lipinski definition) is 6. The van der Waals surface area contributed by atoms with Crippen LogP contribution in [0.5, 0.6) is 0 Å². The van der Waals surface area contributed by atoms with E-state index < -0.39 is 23.8 Å². The van der Waals surface area contributed by atoms with Crippen molar-refractivity contribution in [1.29, 1.82) is 0 Å². The van der Waals surface area contributed by atoms with Crippen molar-refractivity contribution in [2.75, 3.05) is 7.11 Å². The molecule has 0 fully saturated rings. The van der Waals surface area contributed by atoms with Crippen LogP contribution in [0.2, 0.25) is 0 Å². The lowest BCUT2D eigenvalue weighted by atomic mass is 10.3. The Morgan fingerprint density at radius 2 is 1.38 bits per heavy atom. The fraction of sp³-hybridized carbons (Fsp3) is 0.556. The van der Waals surface area contributed by atoms with Gasteiger partial charge in [0.2, 0.25) is 0 Å². The number of amides is 2. The van der Waals surface area contributed by atoms with Crippen LogP contribution in [0.1, 0.15) is 26.7 Å². The van der Waals surface area contributed by atoms with E-state index in [1.165, 1.54) is 7.11 Å². The Balaban J connectivity index is 4.16. The van der Waals surface area contributed by atoms with Gasteiger partial charge in [0.1, 0.15) is 0 Å². The maximum absolute atomic E-state index is 11.1. The summed E-state index contributed by atoms with van der Waals surface area (Å²) in [6, 6.07) is 0. The SMILES string of the molecule is COC(=O)CCC(=O)ON(C(C)=O)C(C)=O. The first-order valence-corrected chi connectivity index (χ1v) is 4.47. The first kappa shape index (κ1) is 14.1. The highest BCUT2D eigenvalue weighted by Crippen LogP contribution is 2.00. The van der Waals surface area contributed by atoms with Crippen molar-refractivity contribution in [2.45, 2.75) is 26.7 Å². The molecule has 16 heavy (non-hydrogen) atoms.